The zero-order valence-electron chi connectivity index (χ0n) is 11.2. The highest BCUT2D eigenvalue weighted by molar-refractivity contribution is 5.85. The lowest BCUT2D eigenvalue weighted by Crippen LogP contribution is -2.48. The Morgan fingerprint density at radius 1 is 1.33 bits per heavy atom. The summed E-state index contributed by atoms with van der Waals surface area (Å²) in [5, 5.41) is 11.5. The number of hydrogen-bond acceptors (Lipinski definition) is 4. The maximum absolute atomic E-state index is 12.1. The molecule has 5 unspecified atom stereocenters. The number of amides is 1. The van der Waals surface area contributed by atoms with E-state index in [2.05, 4.69) is 5.32 Å². The molecule has 0 radical (unpaired) electrons. The molecule has 0 aromatic rings. The normalized spacial score (nSPS) is 33.1. The van der Waals surface area contributed by atoms with Crippen molar-refractivity contribution >= 4 is 11.9 Å². The average Bonchev–Trinajstić information content (AvgIpc) is 2.52. The van der Waals surface area contributed by atoms with Gasteiger partial charge in [-0.25, -0.2) is 4.79 Å². The van der Waals surface area contributed by atoms with Gasteiger partial charge in [0.05, 0.1) is 24.7 Å². The monoisotopic (exact) mass is 259 g/mol. The maximum Gasteiger partial charge on any atom is 0.328 e. The van der Waals surface area contributed by atoms with E-state index in [1.54, 1.807) is 0 Å². The SMILES string of the molecule is COCC(NC(=O)C1C(C)OC(C)C1C)C(=O)O. The van der Waals surface area contributed by atoms with Gasteiger partial charge in [-0.15, -0.1) is 0 Å². The molecule has 0 saturated carbocycles. The van der Waals surface area contributed by atoms with Crippen molar-refractivity contribution in [3.63, 3.8) is 0 Å². The minimum atomic E-state index is -1.10. The standard InChI is InChI=1S/C12H21NO5/c1-6-7(2)18-8(3)10(6)11(14)13-9(5-17-4)12(15)16/h6-10H,5H2,1-4H3,(H,13,14)(H,15,16). The molecule has 6 nitrogen and oxygen atoms in total. The van der Waals surface area contributed by atoms with Crippen LogP contribution in [0.5, 0.6) is 0 Å². The zero-order valence-corrected chi connectivity index (χ0v) is 11.2. The molecule has 1 fully saturated rings. The summed E-state index contributed by atoms with van der Waals surface area (Å²) >= 11 is 0. The first-order valence-corrected chi connectivity index (χ1v) is 6.06. The third kappa shape index (κ3) is 3.20. The quantitative estimate of drug-likeness (QED) is 0.740. The molecule has 1 amide bonds. The van der Waals surface area contributed by atoms with Gasteiger partial charge in [-0.1, -0.05) is 6.92 Å². The number of hydrogen-bond donors (Lipinski definition) is 2. The molecule has 0 bridgehead atoms. The Labute approximate surface area is 107 Å². The second-order valence-corrected chi connectivity index (χ2v) is 4.79. The van der Waals surface area contributed by atoms with Crippen molar-refractivity contribution in [3.05, 3.63) is 0 Å². The summed E-state index contributed by atoms with van der Waals surface area (Å²) in [6, 6.07) is -1.02. The van der Waals surface area contributed by atoms with Gasteiger partial charge >= 0.3 is 5.97 Å². The second kappa shape index (κ2) is 6.15. The fraction of sp³-hybridized carbons (Fsp3) is 0.833. The predicted molar refractivity (Wildman–Crippen MR) is 64.1 cm³/mol. The van der Waals surface area contributed by atoms with Gasteiger partial charge in [0.25, 0.3) is 0 Å². The van der Waals surface area contributed by atoms with Gasteiger partial charge in [-0.3, -0.25) is 4.79 Å². The van der Waals surface area contributed by atoms with Gasteiger partial charge in [0.15, 0.2) is 6.04 Å². The van der Waals surface area contributed by atoms with E-state index in [9.17, 15) is 9.59 Å². The molecule has 0 aliphatic carbocycles. The molecule has 1 saturated heterocycles. The lowest BCUT2D eigenvalue weighted by Gasteiger charge is -2.21. The number of carboxylic acid groups (broad SMARTS) is 1. The molecule has 1 rings (SSSR count). The number of carbonyl (C=O) groups excluding carboxylic acids is 1. The van der Waals surface area contributed by atoms with Crippen LogP contribution in [0.2, 0.25) is 0 Å². The van der Waals surface area contributed by atoms with Crippen LogP contribution in [0.4, 0.5) is 0 Å². The van der Waals surface area contributed by atoms with Gasteiger partial charge in [-0.2, -0.15) is 0 Å². The minimum absolute atomic E-state index is 0.00135. The van der Waals surface area contributed by atoms with Crippen LogP contribution in [0.3, 0.4) is 0 Å². The van der Waals surface area contributed by atoms with Crippen molar-refractivity contribution in [2.75, 3.05) is 13.7 Å². The first kappa shape index (κ1) is 14.9. The largest absolute Gasteiger partial charge is 0.480 e. The molecule has 0 aromatic carbocycles. The van der Waals surface area contributed by atoms with E-state index in [4.69, 9.17) is 14.6 Å². The molecule has 1 heterocycles. The van der Waals surface area contributed by atoms with Crippen LogP contribution in [0.1, 0.15) is 20.8 Å². The molecule has 18 heavy (non-hydrogen) atoms. The summed E-state index contributed by atoms with van der Waals surface area (Å²) in [6.45, 7) is 5.63. The van der Waals surface area contributed by atoms with Crippen molar-refractivity contribution < 1.29 is 24.2 Å². The molecule has 1 aliphatic rings. The summed E-state index contributed by atoms with van der Waals surface area (Å²) in [6.07, 6.45) is -0.201. The predicted octanol–water partition coefficient (Wildman–Crippen LogP) is 0.262. The Hall–Kier alpha value is -1.14. The first-order valence-electron chi connectivity index (χ1n) is 6.06. The highest BCUT2D eigenvalue weighted by Gasteiger charge is 2.42. The molecule has 1 aliphatic heterocycles. The van der Waals surface area contributed by atoms with E-state index in [0.717, 1.165) is 0 Å². The Balaban J connectivity index is 2.66. The minimum Gasteiger partial charge on any atom is -0.480 e. The van der Waals surface area contributed by atoms with Crippen LogP contribution in [0.25, 0.3) is 0 Å². The number of carbonyl (C=O) groups is 2. The van der Waals surface area contributed by atoms with Crippen molar-refractivity contribution in [1.82, 2.24) is 5.32 Å². The van der Waals surface area contributed by atoms with Crippen molar-refractivity contribution in [3.8, 4) is 0 Å². The molecule has 0 aromatic heterocycles. The van der Waals surface area contributed by atoms with Gasteiger partial charge in [0, 0.05) is 7.11 Å². The highest BCUT2D eigenvalue weighted by Crippen LogP contribution is 2.32. The number of ether oxygens (including phenoxy) is 2. The summed E-state index contributed by atoms with van der Waals surface area (Å²) in [4.78, 5) is 23.0. The molecule has 6 heteroatoms. The van der Waals surface area contributed by atoms with Crippen molar-refractivity contribution in [2.24, 2.45) is 11.8 Å². The lowest BCUT2D eigenvalue weighted by molar-refractivity contribution is -0.144. The molecular weight excluding hydrogens is 238 g/mol. The van der Waals surface area contributed by atoms with E-state index in [1.807, 2.05) is 20.8 Å². The van der Waals surface area contributed by atoms with Gasteiger partial charge < -0.3 is 19.9 Å². The summed E-state index contributed by atoms with van der Waals surface area (Å²) in [5.41, 5.74) is 0. The Morgan fingerprint density at radius 2 is 1.94 bits per heavy atom. The topological polar surface area (TPSA) is 84.9 Å². The number of nitrogens with one attached hydrogen (secondary N) is 1. The molecule has 104 valence electrons. The van der Waals surface area contributed by atoms with Crippen molar-refractivity contribution in [1.29, 1.82) is 0 Å². The molecule has 0 spiro atoms. The third-order valence-corrected chi connectivity index (χ3v) is 3.49. The first-order chi connectivity index (χ1) is 8.38. The van der Waals surface area contributed by atoms with Gasteiger partial charge in [0.1, 0.15) is 0 Å². The summed E-state index contributed by atoms with van der Waals surface area (Å²) in [5.74, 6) is -1.64. The Kier molecular flexibility index (Phi) is 5.10. The Morgan fingerprint density at radius 3 is 2.33 bits per heavy atom. The van der Waals surface area contributed by atoms with Crippen LogP contribution in [0.15, 0.2) is 0 Å². The van der Waals surface area contributed by atoms with Crippen LogP contribution in [0, 0.1) is 11.8 Å². The zero-order chi connectivity index (χ0) is 13.9. The Bertz CT molecular complexity index is 320. The fourth-order valence-corrected chi connectivity index (χ4v) is 2.33. The maximum atomic E-state index is 12.1. The lowest BCUT2D eigenvalue weighted by atomic mass is 9.88. The van der Waals surface area contributed by atoms with E-state index in [1.165, 1.54) is 7.11 Å². The number of carboxylic acids is 1. The van der Waals surface area contributed by atoms with Crippen LogP contribution < -0.4 is 5.32 Å². The van der Waals surface area contributed by atoms with E-state index in [0.29, 0.717) is 0 Å². The fourth-order valence-electron chi connectivity index (χ4n) is 2.33. The van der Waals surface area contributed by atoms with Gasteiger partial charge in [-0.05, 0) is 19.8 Å². The highest BCUT2D eigenvalue weighted by atomic mass is 16.5. The van der Waals surface area contributed by atoms with E-state index in [-0.39, 0.29) is 36.6 Å². The van der Waals surface area contributed by atoms with E-state index >= 15 is 0 Å². The van der Waals surface area contributed by atoms with Crippen LogP contribution in [-0.2, 0) is 19.1 Å². The molecule has 5 atom stereocenters. The average molecular weight is 259 g/mol. The number of rotatable bonds is 5. The van der Waals surface area contributed by atoms with Crippen molar-refractivity contribution in [2.45, 2.75) is 39.0 Å². The second-order valence-electron chi connectivity index (χ2n) is 4.79. The van der Waals surface area contributed by atoms with Crippen LogP contribution >= 0.6 is 0 Å². The van der Waals surface area contributed by atoms with Crippen LogP contribution in [-0.4, -0.2) is 48.9 Å². The summed E-state index contributed by atoms with van der Waals surface area (Å²) < 4.78 is 10.3. The number of aliphatic carboxylic acids is 1. The smallest absolute Gasteiger partial charge is 0.328 e. The number of methoxy groups -OCH3 is 1. The molecular formula is C12H21NO5. The third-order valence-electron chi connectivity index (χ3n) is 3.49. The summed E-state index contributed by atoms with van der Waals surface area (Å²) in [7, 11) is 1.40. The van der Waals surface area contributed by atoms with Gasteiger partial charge in [0.2, 0.25) is 5.91 Å². The van der Waals surface area contributed by atoms with E-state index < -0.39 is 12.0 Å². The molecule has 2 N–H and O–H groups in total.